The van der Waals surface area contributed by atoms with E-state index in [0.717, 1.165) is 31.1 Å². The largest absolute Gasteiger partial charge is 0.379 e. The summed E-state index contributed by atoms with van der Waals surface area (Å²) in [4.78, 5) is 8.81. The van der Waals surface area contributed by atoms with Gasteiger partial charge in [-0.3, -0.25) is 0 Å². The zero-order valence-corrected chi connectivity index (χ0v) is 11.8. The van der Waals surface area contributed by atoms with E-state index in [9.17, 15) is 0 Å². The number of rotatable bonds is 5. The molecule has 1 fully saturated rings. The van der Waals surface area contributed by atoms with Crippen LogP contribution in [0.1, 0.15) is 25.6 Å². The maximum absolute atomic E-state index is 5.55. The van der Waals surface area contributed by atoms with Gasteiger partial charge in [-0.05, 0) is 19.8 Å². The fourth-order valence-electron chi connectivity index (χ4n) is 2.22. The van der Waals surface area contributed by atoms with Crippen molar-refractivity contribution in [2.45, 2.75) is 31.9 Å². The van der Waals surface area contributed by atoms with E-state index >= 15 is 0 Å². The molecule has 1 aromatic rings. The summed E-state index contributed by atoms with van der Waals surface area (Å²) < 4.78 is 10.6. The van der Waals surface area contributed by atoms with E-state index in [-0.39, 0.29) is 5.54 Å². The molecule has 1 saturated heterocycles. The Hall–Kier alpha value is -1.40. The Kier molecular flexibility index (Phi) is 4.55. The molecule has 6 nitrogen and oxygen atoms in total. The summed E-state index contributed by atoms with van der Waals surface area (Å²) in [6, 6.07) is 1.90. The van der Waals surface area contributed by atoms with Crippen LogP contribution in [0.15, 0.2) is 6.07 Å². The lowest BCUT2D eigenvalue weighted by Gasteiger charge is -2.34. The molecule has 1 aliphatic heterocycles. The van der Waals surface area contributed by atoms with Gasteiger partial charge in [0.15, 0.2) is 5.82 Å². The maximum atomic E-state index is 5.55. The normalized spacial score (nSPS) is 23.1. The van der Waals surface area contributed by atoms with Crippen LogP contribution in [-0.4, -0.2) is 42.9 Å². The molecular weight excluding hydrogens is 244 g/mol. The minimum atomic E-state index is -0.0675. The number of ether oxygens (including phenoxy) is 2. The van der Waals surface area contributed by atoms with Crippen molar-refractivity contribution in [1.82, 2.24) is 9.97 Å². The number of nitrogens with zero attached hydrogens (tertiary/aromatic N) is 2. The summed E-state index contributed by atoms with van der Waals surface area (Å²) in [6.45, 7) is 4.10. The van der Waals surface area contributed by atoms with Gasteiger partial charge in [0.2, 0.25) is 0 Å². The van der Waals surface area contributed by atoms with Gasteiger partial charge in [-0.15, -0.1) is 0 Å². The highest BCUT2D eigenvalue weighted by Crippen LogP contribution is 2.24. The summed E-state index contributed by atoms with van der Waals surface area (Å²) in [5, 5.41) is 6.50. The first-order chi connectivity index (χ1) is 9.15. The molecule has 0 aromatic carbocycles. The molecule has 2 heterocycles. The second-order valence-electron chi connectivity index (χ2n) is 5.08. The summed E-state index contributed by atoms with van der Waals surface area (Å²) >= 11 is 0. The van der Waals surface area contributed by atoms with Gasteiger partial charge >= 0.3 is 0 Å². The van der Waals surface area contributed by atoms with Gasteiger partial charge in [0.05, 0.1) is 12.1 Å². The van der Waals surface area contributed by atoms with Crippen molar-refractivity contribution in [2.24, 2.45) is 0 Å². The highest BCUT2D eigenvalue weighted by Gasteiger charge is 2.28. The lowest BCUT2D eigenvalue weighted by atomic mass is 9.95. The van der Waals surface area contributed by atoms with Gasteiger partial charge < -0.3 is 20.1 Å². The smallest absolute Gasteiger partial charge is 0.158 e. The summed E-state index contributed by atoms with van der Waals surface area (Å²) in [6.07, 6.45) is 2.14. The van der Waals surface area contributed by atoms with E-state index in [1.165, 1.54) is 0 Å². The number of methoxy groups -OCH3 is 1. The predicted molar refractivity (Wildman–Crippen MR) is 74.4 cm³/mol. The minimum absolute atomic E-state index is 0.0675. The molecule has 2 rings (SSSR count). The number of anilines is 2. The summed E-state index contributed by atoms with van der Waals surface area (Å²) in [7, 11) is 3.48. The van der Waals surface area contributed by atoms with E-state index in [0.29, 0.717) is 19.0 Å². The summed E-state index contributed by atoms with van der Waals surface area (Å²) in [5.41, 5.74) is -0.0675. The quantitative estimate of drug-likeness (QED) is 0.844. The molecule has 0 aliphatic carbocycles. The van der Waals surface area contributed by atoms with Gasteiger partial charge in [0, 0.05) is 26.8 Å². The molecule has 19 heavy (non-hydrogen) atoms. The molecule has 2 N–H and O–H groups in total. The zero-order valence-electron chi connectivity index (χ0n) is 11.8. The molecule has 0 saturated carbocycles. The van der Waals surface area contributed by atoms with Gasteiger partial charge in [-0.25, -0.2) is 9.97 Å². The lowest BCUT2D eigenvalue weighted by Crippen LogP contribution is -2.43. The maximum Gasteiger partial charge on any atom is 0.158 e. The van der Waals surface area contributed by atoms with Crippen LogP contribution < -0.4 is 10.6 Å². The van der Waals surface area contributed by atoms with Crippen LogP contribution >= 0.6 is 0 Å². The van der Waals surface area contributed by atoms with Crippen LogP contribution in [0.5, 0.6) is 0 Å². The van der Waals surface area contributed by atoms with Crippen LogP contribution in [0.2, 0.25) is 0 Å². The van der Waals surface area contributed by atoms with Crippen molar-refractivity contribution in [1.29, 1.82) is 0 Å². The van der Waals surface area contributed by atoms with E-state index in [1.807, 2.05) is 13.1 Å². The molecule has 0 radical (unpaired) electrons. The van der Waals surface area contributed by atoms with Gasteiger partial charge in [0.25, 0.3) is 0 Å². The summed E-state index contributed by atoms with van der Waals surface area (Å²) in [5.74, 6) is 2.25. The average Bonchev–Trinajstić information content (AvgIpc) is 2.39. The van der Waals surface area contributed by atoms with Crippen LogP contribution in [0.25, 0.3) is 0 Å². The number of nitrogens with one attached hydrogen (secondary N) is 2. The first-order valence-corrected chi connectivity index (χ1v) is 6.56. The lowest BCUT2D eigenvalue weighted by molar-refractivity contribution is 0.0538. The third kappa shape index (κ3) is 3.78. The first-order valence-electron chi connectivity index (χ1n) is 6.56. The standard InChI is InChI=1S/C13H22N4O2/c1-13(5-4-6-19-9-13)17-11-7-10(14-2)15-12(16-11)8-18-3/h7H,4-6,8-9H2,1-3H3,(H2,14,15,16,17). The fraction of sp³-hybridized carbons (Fsp3) is 0.692. The molecule has 0 spiro atoms. The number of hydrogen-bond donors (Lipinski definition) is 2. The van der Waals surface area contributed by atoms with Crippen molar-refractivity contribution < 1.29 is 9.47 Å². The van der Waals surface area contributed by atoms with Crippen LogP contribution in [0.4, 0.5) is 11.6 Å². The van der Waals surface area contributed by atoms with Crippen LogP contribution in [0.3, 0.4) is 0 Å². The highest BCUT2D eigenvalue weighted by atomic mass is 16.5. The van der Waals surface area contributed by atoms with Gasteiger partial charge in [0.1, 0.15) is 18.2 Å². The highest BCUT2D eigenvalue weighted by molar-refractivity contribution is 5.48. The Morgan fingerprint density at radius 3 is 2.84 bits per heavy atom. The molecule has 106 valence electrons. The Labute approximate surface area is 113 Å². The third-order valence-corrected chi connectivity index (χ3v) is 3.17. The van der Waals surface area contributed by atoms with Crippen molar-refractivity contribution in [3.8, 4) is 0 Å². The Balaban J connectivity index is 2.16. The second kappa shape index (κ2) is 6.16. The Morgan fingerprint density at radius 2 is 2.21 bits per heavy atom. The Bertz CT molecular complexity index is 419. The Morgan fingerprint density at radius 1 is 1.42 bits per heavy atom. The fourth-order valence-corrected chi connectivity index (χ4v) is 2.22. The molecule has 6 heteroatoms. The molecule has 1 aromatic heterocycles. The molecule has 1 unspecified atom stereocenters. The first kappa shape index (κ1) is 14.0. The SMILES string of the molecule is CNc1cc(NC2(C)CCCOC2)nc(COC)n1. The second-order valence-corrected chi connectivity index (χ2v) is 5.08. The molecule has 1 atom stereocenters. The van der Waals surface area contributed by atoms with E-state index in [1.54, 1.807) is 7.11 Å². The molecular formula is C13H22N4O2. The van der Waals surface area contributed by atoms with Crippen LogP contribution in [0, 0.1) is 0 Å². The van der Waals surface area contributed by atoms with Gasteiger partial charge in [-0.1, -0.05) is 0 Å². The van der Waals surface area contributed by atoms with E-state index in [4.69, 9.17) is 9.47 Å². The minimum Gasteiger partial charge on any atom is -0.379 e. The zero-order chi connectivity index (χ0) is 13.7. The molecule has 0 bridgehead atoms. The number of aromatic nitrogens is 2. The number of hydrogen-bond acceptors (Lipinski definition) is 6. The van der Waals surface area contributed by atoms with Crippen molar-refractivity contribution in [3.63, 3.8) is 0 Å². The van der Waals surface area contributed by atoms with Crippen molar-refractivity contribution >= 4 is 11.6 Å². The monoisotopic (exact) mass is 266 g/mol. The average molecular weight is 266 g/mol. The van der Waals surface area contributed by atoms with E-state index in [2.05, 4.69) is 27.5 Å². The van der Waals surface area contributed by atoms with Gasteiger partial charge in [-0.2, -0.15) is 0 Å². The molecule has 0 amide bonds. The van der Waals surface area contributed by atoms with Crippen molar-refractivity contribution in [3.05, 3.63) is 11.9 Å². The third-order valence-electron chi connectivity index (χ3n) is 3.17. The topological polar surface area (TPSA) is 68.3 Å². The van der Waals surface area contributed by atoms with Crippen molar-refractivity contribution in [2.75, 3.05) is 38.0 Å². The predicted octanol–water partition coefficient (Wildman–Crippen LogP) is 1.65. The molecule has 1 aliphatic rings. The van der Waals surface area contributed by atoms with E-state index < -0.39 is 0 Å². The van der Waals surface area contributed by atoms with Crippen LogP contribution in [-0.2, 0) is 16.1 Å².